The van der Waals surface area contributed by atoms with Crippen molar-refractivity contribution in [2.24, 2.45) is 10.8 Å². The van der Waals surface area contributed by atoms with Crippen LogP contribution in [-0.2, 0) is 36.6 Å². The van der Waals surface area contributed by atoms with E-state index in [4.69, 9.17) is 46.9 Å². The number of nitrogens with one attached hydrogen (secondary N) is 5. The number of carbonyl (C=O) groups is 4. The van der Waals surface area contributed by atoms with Crippen LogP contribution in [0.1, 0.15) is 175 Å². The van der Waals surface area contributed by atoms with Crippen LogP contribution in [0.15, 0.2) is 215 Å². The Hall–Kier alpha value is -9.04. The van der Waals surface area contributed by atoms with Gasteiger partial charge in [0.1, 0.15) is 11.2 Å². The van der Waals surface area contributed by atoms with Crippen LogP contribution >= 0.6 is 46.7 Å². The number of carbonyl (C=O) groups excluding carboxylic acids is 4. The topological polar surface area (TPSA) is 194 Å². The Morgan fingerprint density at radius 2 is 0.865 bits per heavy atom. The highest BCUT2D eigenvalue weighted by molar-refractivity contribution is 7.99. The van der Waals surface area contributed by atoms with E-state index in [9.17, 15) is 19.2 Å². The molecule has 4 aliphatic heterocycles. The van der Waals surface area contributed by atoms with E-state index in [-0.39, 0.29) is 34.9 Å². The monoisotopic (exact) mass is 1890 g/mol. The van der Waals surface area contributed by atoms with Crippen LogP contribution in [0, 0.1) is 24.7 Å². The van der Waals surface area contributed by atoms with Crippen molar-refractivity contribution in [3.63, 3.8) is 0 Å². The molecule has 133 heavy (non-hydrogen) atoms. The van der Waals surface area contributed by atoms with Gasteiger partial charge in [0, 0.05) is 196 Å². The number of morpholine rings is 2. The maximum Gasteiger partial charge on any atom is 0.407 e. The van der Waals surface area contributed by atoms with Gasteiger partial charge in [-0.15, -0.1) is 23.5 Å². The molecule has 6 aliphatic rings. The summed E-state index contributed by atoms with van der Waals surface area (Å²) in [5, 5.41) is 18.4. The SMILES string of the molecule is CCOC(=O)c1ccc(N2CCN(CC3=C(c4ccc(Cl)cc4)CCC(C)(CNC(=O)OC(C)(C)C)C3)CC2)cc1.CCc1ccc(N[C@H](CCN2CCOCC2)CSc2ccccc2)c(C)c1.Cc1cc(CNC(=O)c2ccc(N3CCN(CC4=C(c5ccc(Cl)cc5)CCC(C)(CNC(=O)OC(C)(C)C)C4)CC3)cc2)ccc1N[C@H](CCN1CCOCC1)CSc1ccccc1. The molecule has 0 spiro atoms. The fraction of sp³-hybridized carbons (Fsp3) is 0.486. The van der Waals surface area contributed by atoms with E-state index in [1.54, 1.807) is 0 Å². The van der Waals surface area contributed by atoms with Crippen molar-refractivity contribution in [1.82, 2.24) is 35.6 Å². The molecule has 4 heterocycles. The lowest BCUT2D eigenvalue weighted by Gasteiger charge is -2.41. The number of piperazine rings is 2. The van der Waals surface area contributed by atoms with Crippen molar-refractivity contribution >= 4 is 105 Å². The summed E-state index contributed by atoms with van der Waals surface area (Å²) in [5.41, 5.74) is 17.8. The minimum Gasteiger partial charge on any atom is -0.462 e. The van der Waals surface area contributed by atoms with Gasteiger partial charge in [0.05, 0.1) is 38.6 Å². The fourth-order valence-corrected chi connectivity index (χ4v) is 20.4. The predicted octanol–water partition coefficient (Wildman–Crippen LogP) is 21.8. The quantitative estimate of drug-likeness (QED) is 0.0145. The molecule has 5 N–H and O–H groups in total. The number of benzene rings is 8. The zero-order valence-corrected chi connectivity index (χ0v) is 84.0. The first-order chi connectivity index (χ1) is 64.0. The normalized spacial score (nSPS) is 18.8. The van der Waals surface area contributed by atoms with E-state index in [2.05, 4.69) is 224 Å². The van der Waals surface area contributed by atoms with E-state index in [1.165, 1.54) is 65.6 Å². The number of hydrogen-bond acceptors (Lipinski definition) is 19. The molecule has 4 saturated heterocycles. The molecule has 4 atom stereocenters. The van der Waals surface area contributed by atoms with Crippen LogP contribution in [0.4, 0.5) is 32.3 Å². The molecule has 20 nitrogen and oxygen atoms in total. The Bertz CT molecular complexity index is 5050. The molecule has 24 heteroatoms. The van der Waals surface area contributed by atoms with E-state index >= 15 is 0 Å². The second kappa shape index (κ2) is 50.7. The molecule has 4 fully saturated rings. The van der Waals surface area contributed by atoms with Crippen molar-refractivity contribution in [3.05, 3.63) is 260 Å². The average molecular weight is 1890 g/mol. The van der Waals surface area contributed by atoms with E-state index in [0.29, 0.717) is 49.5 Å². The van der Waals surface area contributed by atoms with Crippen LogP contribution in [0.3, 0.4) is 0 Å². The Kier molecular flexibility index (Phi) is 39.2. The lowest BCUT2D eigenvalue weighted by Crippen LogP contribution is -2.47. The average Bonchev–Trinajstić information content (AvgIpc) is 0.770. The van der Waals surface area contributed by atoms with Gasteiger partial charge >= 0.3 is 18.2 Å². The second-order valence-corrected chi connectivity index (χ2v) is 42.0. The Labute approximate surface area is 811 Å². The number of amides is 3. The number of allylic oxidation sites excluding steroid dienone is 2. The molecule has 14 rings (SSSR count). The highest BCUT2D eigenvalue weighted by Crippen LogP contribution is 2.46. The molecule has 2 aliphatic carbocycles. The molecular formula is C109H145Cl2N11O9S2. The largest absolute Gasteiger partial charge is 0.462 e. The number of esters is 1. The Morgan fingerprint density at radius 3 is 1.26 bits per heavy atom. The molecule has 0 bridgehead atoms. The van der Waals surface area contributed by atoms with Crippen LogP contribution in [0.5, 0.6) is 0 Å². The van der Waals surface area contributed by atoms with Gasteiger partial charge < -0.3 is 60.1 Å². The Morgan fingerprint density at radius 1 is 0.466 bits per heavy atom. The van der Waals surface area contributed by atoms with Gasteiger partial charge in [-0.25, -0.2) is 14.4 Å². The van der Waals surface area contributed by atoms with Crippen molar-refractivity contribution in [2.45, 2.75) is 180 Å². The molecule has 0 radical (unpaired) electrons. The molecule has 8 aromatic carbocycles. The molecule has 2 unspecified atom stereocenters. The zero-order valence-electron chi connectivity index (χ0n) is 80.8. The van der Waals surface area contributed by atoms with Crippen molar-refractivity contribution in [1.29, 1.82) is 0 Å². The fourth-order valence-electron chi connectivity index (χ4n) is 18.1. The third-order valence-corrected chi connectivity index (χ3v) is 28.6. The molecule has 0 saturated carbocycles. The summed E-state index contributed by atoms with van der Waals surface area (Å²) in [6, 6.07) is 67.5. The first kappa shape index (κ1) is 103. The number of ether oxygens (including phenoxy) is 5. The van der Waals surface area contributed by atoms with Crippen molar-refractivity contribution in [2.75, 3.05) is 183 Å². The summed E-state index contributed by atoms with van der Waals surface area (Å²) < 4.78 is 27.2. The molecule has 8 aromatic rings. The van der Waals surface area contributed by atoms with E-state index in [1.807, 2.05) is 133 Å². The summed E-state index contributed by atoms with van der Waals surface area (Å²) in [6.07, 6.45) is 8.23. The van der Waals surface area contributed by atoms with Crippen LogP contribution in [-0.4, -0.2) is 229 Å². The molecule has 716 valence electrons. The molecule has 3 amide bonds. The smallest absolute Gasteiger partial charge is 0.407 e. The minimum atomic E-state index is -0.535. The summed E-state index contributed by atoms with van der Waals surface area (Å²) in [5.74, 6) is 1.69. The summed E-state index contributed by atoms with van der Waals surface area (Å²) in [6.45, 7) is 45.0. The lowest BCUT2D eigenvalue weighted by atomic mass is 9.71. The lowest BCUT2D eigenvalue weighted by molar-refractivity contribution is 0.0370. The second-order valence-electron chi connectivity index (χ2n) is 39.0. The third kappa shape index (κ3) is 33.7. The number of halogens is 2. The Balaban J connectivity index is 0.000000199. The number of alkyl carbamates (subject to hydrolysis) is 2. The van der Waals surface area contributed by atoms with Crippen LogP contribution in [0.2, 0.25) is 10.0 Å². The first-order valence-corrected chi connectivity index (χ1v) is 50.8. The number of anilines is 4. The summed E-state index contributed by atoms with van der Waals surface area (Å²) in [4.78, 5) is 67.9. The van der Waals surface area contributed by atoms with Gasteiger partial charge in [-0.05, 0) is 285 Å². The van der Waals surface area contributed by atoms with Gasteiger partial charge in [0.15, 0.2) is 0 Å². The number of aryl methyl sites for hydroxylation is 3. The van der Waals surface area contributed by atoms with Gasteiger partial charge in [0.2, 0.25) is 0 Å². The minimum absolute atomic E-state index is 0.0509. The first-order valence-electron chi connectivity index (χ1n) is 48.1. The maximum atomic E-state index is 13.4. The summed E-state index contributed by atoms with van der Waals surface area (Å²) in [7, 11) is 0. The highest BCUT2D eigenvalue weighted by atomic mass is 35.5. The third-order valence-electron chi connectivity index (χ3n) is 25.8. The zero-order chi connectivity index (χ0) is 94.3. The van der Waals surface area contributed by atoms with E-state index in [0.717, 1.165) is 233 Å². The summed E-state index contributed by atoms with van der Waals surface area (Å²) >= 11 is 16.3. The number of nitrogens with zero attached hydrogens (tertiary/aromatic N) is 6. The van der Waals surface area contributed by atoms with Gasteiger partial charge in [-0.3, -0.25) is 24.4 Å². The van der Waals surface area contributed by atoms with Gasteiger partial charge in [-0.1, -0.05) is 140 Å². The molecular weight excluding hydrogens is 1740 g/mol. The highest BCUT2D eigenvalue weighted by Gasteiger charge is 2.37. The standard InChI is InChI=1S/C53H69ClN6O4S.C33H44ClN3O4.C23H32N2OS/c1-39-33-40(11-20-49(39)57-45(22-24-58-29-31-63-32-30-58)37-65-47-9-7-6-8-10-47)35-55-50(61)42-14-18-46(19-15-42)60-27-25-59(26-28-60)36-43-34-53(5,38-56-51(62)64-52(2,3)4)23-21-48(43)41-12-16-44(54)17-13-41;1-6-40-30(38)25-9-13-28(14-10-25)37-19-17-36(18-20-37)22-26-21-33(5,23-35-31(39)41-32(2,3)4)16-15-29(26)24-7-11-27(34)12-8-24;1-3-20-9-10-23(19(2)17-20)24-21(11-12-25-13-15-26-16-14-25)18-27-22-7-5-4-6-8-22/h6-20,33,45,57H,21-32,34-38H2,1-5H3,(H,55,61)(H,56,62);7-14H,6,15-23H2,1-5H3,(H,35,39);4-10,17,21,24H,3,11-16,18H2,1-2H3/t45-,53?;;21-/m1.1/s1. The predicted molar refractivity (Wildman–Crippen MR) is 551 cm³/mol. The van der Waals surface area contributed by atoms with Gasteiger partial charge in [-0.2, -0.15) is 0 Å². The van der Waals surface area contributed by atoms with E-state index < -0.39 is 11.2 Å². The maximum absolute atomic E-state index is 13.4. The van der Waals surface area contributed by atoms with Crippen LogP contribution in [0.25, 0.3) is 11.1 Å². The van der Waals surface area contributed by atoms with Gasteiger partial charge in [0.25, 0.3) is 5.91 Å². The number of hydrogen-bond donors (Lipinski definition) is 5. The number of thioether (sulfide) groups is 2. The van der Waals surface area contributed by atoms with Crippen LogP contribution < -0.4 is 36.4 Å². The van der Waals surface area contributed by atoms with Crippen molar-refractivity contribution < 1.29 is 42.9 Å². The molecule has 0 aromatic heterocycles. The van der Waals surface area contributed by atoms with Crippen molar-refractivity contribution in [3.8, 4) is 0 Å². The number of rotatable bonds is 34.